The highest BCUT2D eigenvalue weighted by Crippen LogP contribution is 2.48. The maximum Gasteiger partial charge on any atom is 0.0560 e. The van der Waals surface area contributed by atoms with E-state index in [2.05, 4.69) is 204 Å². The van der Waals surface area contributed by atoms with E-state index in [4.69, 9.17) is 0 Å². The van der Waals surface area contributed by atoms with E-state index in [0.29, 0.717) is 0 Å². The zero-order valence-corrected chi connectivity index (χ0v) is 28.6. The molecule has 0 aliphatic heterocycles. The van der Waals surface area contributed by atoms with Crippen LogP contribution in [0.25, 0.3) is 69.9 Å². The fraction of sp³-hybridized carbons (Fsp3) is 0. The van der Waals surface area contributed by atoms with Crippen LogP contribution < -0.4 is 4.90 Å². The average molecular weight is 669 g/mol. The summed E-state index contributed by atoms with van der Waals surface area (Å²) in [4.78, 5) is 2.44. The van der Waals surface area contributed by atoms with Crippen LogP contribution in [0.4, 0.5) is 17.1 Å². The molecule has 10 rings (SSSR count). The summed E-state index contributed by atoms with van der Waals surface area (Å²) in [5.41, 5.74) is 11.8. The maximum absolute atomic E-state index is 2.44. The molecule has 240 valence electrons. The molecular weight excluding hydrogens is 637 g/mol. The van der Waals surface area contributed by atoms with Gasteiger partial charge < -0.3 is 9.47 Å². The van der Waals surface area contributed by atoms with Gasteiger partial charge in [0.1, 0.15) is 0 Å². The molecule has 0 unspecified atom stereocenters. The highest BCUT2D eigenvalue weighted by atomic mass is 32.1. The minimum atomic E-state index is 1.12. The second-order valence-corrected chi connectivity index (χ2v) is 14.1. The van der Waals surface area contributed by atoms with Crippen molar-refractivity contribution in [1.82, 2.24) is 4.57 Å². The number of anilines is 3. The summed E-state index contributed by atoms with van der Waals surface area (Å²) < 4.78 is 4.96. The van der Waals surface area contributed by atoms with Crippen LogP contribution >= 0.6 is 11.3 Å². The van der Waals surface area contributed by atoms with Crippen molar-refractivity contribution in [3.8, 4) is 27.9 Å². The first-order valence-corrected chi connectivity index (χ1v) is 18.2. The summed E-state index contributed by atoms with van der Waals surface area (Å²) in [5, 5.41) is 5.06. The van der Waals surface area contributed by atoms with Crippen molar-refractivity contribution in [3.63, 3.8) is 0 Å². The minimum Gasteiger partial charge on any atom is -0.310 e. The lowest BCUT2D eigenvalue weighted by Crippen LogP contribution is -2.10. The normalized spacial score (nSPS) is 11.5. The molecule has 0 saturated carbocycles. The molecule has 2 nitrogen and oxygen atoms in total. The average Bonchev–Trinajstić information content (AvgIpc) is 3.75. The third-order valence-electron chi connectivity index (χ3n) is 9.95. The topological polar surface area (TPSA) is 8.17 Å². The Morgan fingerprint density at radius 2 is 1.00 bits per heavy atom. The van der Waals surface area contributed by atoms with Gasteiger partial charge in [-0.1, -0.05) is 127 Å². The van der Waals surface area contributed by atoms with Gasteiger partial charge in [0, 0.05) is 48.0 Å². The Labute approximate surface area is 300 Å². The molecule has 3 heteroatoms. The Balaban J connectivity index is 1.25. The standard InChI is InChI=1S/C48H32N2S/c1-4-15-33(16-5-1)34-17-14-22-39(29-34)49(37-18-6-2-7-19-37)45-31-36(32-47-48(45)42-24-11-13-26-46(42)51-47)35-27-28-41-40-23-10-12-25-43(40)50(44(41)30-35)38-20-8-3-9-21-38/h1-32H. The Morgan fingerprint density at radius 1 is 0.373 bits per heavy atom. The number of para-hydroxylation sites is 3. The van der Waals surface area contributed by atoms with Crippen LogP contribution in [0.15, 0.2) is 194 Å². The first kappa shape index (κ1) is 29.5. The molecule has 0 aliphatic carbocycles. The molecule has 0 saturated heterocycles. The number of aromatic nitrogens is 1. The maximum atomic E-state index is 2.44. The number of fused-ring (bicyclic) bond motifs is 6. The lowest BCUT2D eigenvalue weighted by atomic mass is 9.99. The second kappa shape index (κ2) is 12.2. The van der Waals surface area contributed by atoms with Crippen LogP contribution in [-0.4, -0.2) is 4.57 Å². The highest BCUT2D eigenvalue weighted by Gasteiger charge is 2.21. The third kappa shape index (κ3) is 5.01. The van der Waals surface area contributed by atoms with Crippen molar-refractivity contribution in [1.29, 1.82) is 0 Å². The summed E-state index contributed by atoms with van der Waals surface area (Å²) in [6, 6.07) is 70.4. The molecule has 0 radical (unpaired) electrons. The first-order chi connectivity index (χ1) is 25.3. The van der Waals surface area contributed by atoms with Crippen LogP contribution in [0.3, 0.4) is 0 Å². The zero-order valence-electron chi connectivity index (χ0n) is 27.8. The van der Waals surface area contributed by atoms with Crippen molar-refractivity contribution in [3.05, 3.63) is 194 Å². The number of rotatable bonds is 6. The van der Waals surface area contributed by atoms with E-state index >= 15 is 0 Å². The van der Waals surface area contributed by atoms with E-state index in [1.807, 2.05) is 11.3 Å². The fourth-order valence-electron chi connectivity index (χ4n) is 7.64. The smallest absolute Gasteiger partial charge is 0.0560 e. The quantitative estimate of drug-likeness (QED) is 0.171. The molecule has 0 fully saturated rings. The van der Waals surface area contributed by atoms with E-state index in [9.17, 15) is 0 Å². The van der Waals surface area contributed by atoms with Gasteiger partial charge in [0.2, 0.25) is 0 Å². The Bertz CT molecular complexity index is 2850. The van der Waals surface area contributed by atoms with Crippen LogP contribution in [0.2, 0.25) is 0 Å². The summed E-state index contributed by atoms with van der Waals surface area (Å²) in [6.07, 6.45) is 0. The van der Waals surface area contributed by atoms with Gasteiger partial charge in [0.15, 0.2) is 0 Å². The fourth-order valence-corrected chi connectivity index (χ4v) is 8.81. The summed E-state index contributed by atoms with van der Waals surface area (Å²) in [5.74, 6) is 0. The predicted molar refractivity (Wildman–Crippen MR) is 219 cm³/mol. The second-order valence-electron chi connectivity index (χ2n) is 13.0. The van der Waals surface area contributed by atoms with Gasteiger partial charge in [-0.3, -0.25) is 0 Å². The van der Waals surface area contributed by atoms with Gasteiger partial charge in [0.05, 0.1) is 16.7 Å². The lowest BCUT2D eigenvalue weighted by molar-refractivity contribution is 1.18. The largest absolute Gasteiger partial charge is 0.310 e. The van der Waals surface area contributed by atoms with Crippen LogP contribution in [0.5, 0.6) is 0 Å². The SMILES string of the molecule is c1ccc(-c2cccc(N(c3ccccc3)c3cc(-c4ccc5c6ccccc6n(-c6ccccc6)c5c4)cc4sc5ccccc5c34)c2)cc1. The molecule has 2 heterocycles. The monoisotopic (exact) mass is 668 g/mol. The van der Waals surface area contributed by atoms with Gasteiger partial charge in [-0.2, -0.15) is 0 Å². The van der Waals surface area contributed by atoms with Crippen molar-refractivity contribution in [2.24, 2.45) is 0 Å². The van der Waals surface area contributed by atoms with Crippen molar-refractivity contribution < 1.29 is 0 Å². The van der Waals surface area contributed by atoms with E-state index in [-0.39, 0.29) is 0 Å². The van der Waals surface area contributed by atoms with Crippen molar-refractivity contribution in [2.75, 3.05) is 4.90 Å². The van der Waals surface area contributed by atoms with E-state index < -0.39 is 0 Å². The van der Waals surface area contributed by atoms with Gasteiger partial charge in [-0.25, -0.2) is 0 Å². The van der Waals surface area contributed by atoms with Gasteiger partial charge in [-0.15, -0.1) is 11.3 Å². The van der Waals surface area contributed by atoms with E-state index in [1.54, 1.807) is 0 Å². The highest BCUT2D eigenvalue weighted by molar-refractivity contribution is 7.26. The Morgan fingerprint density at radius 3 is 1.82 bits per heavy atom. The molecule has 10 aromatic rings. The molecule has 0 aliphatic rings. The Hall–Kier alpha value is -6.42. The molecule has 0 bridgehead atoms. The summed E-state index contributed by atoms with van der Waals surface area (Å²) >= 11 is 1.87. The number of benzene rings is 8. The Kier molecular flexibility index (Phi) is 7.04. The third-order valence-corrected chi connectivity index (χ3v) is 11.1. The summed E-state index contributed by atoms with van der Waals surface area (Å²) in [7, 11) is 0. The molecule has 0 spiro atoms. The van der Waals surface area contributed by atoms with Gasteiger partial charge in [-0.05, 0) is 89.0 Å². The number of nitrogens with zero attached hydrogens (tertiary/aromatic N) is 2. The molecule has 0 N–H and O–H groups in total. The molecule has 0 atom stereocenters. The van der Waals surface area contributed by atoms with Crippen LogP contribution in [0, 0.1) is 0 Å². The van der Waals surface area contributed by atoms with Crippen LogP contribution in [0.1, 0.15) is 0 Å². The lowest BCUT2D eigenvalue weighted by Gasteiger charge is -2.27. The van der Waals surface area contributed by atoms with E-state index in [0.717, 1.165) is 17.1 Å². The molecule has 51 heavy (non-hydrogen) atoms. The molecule has 0 amide bonds. The first-order valence-electron chi connectivity index (χ1n) is 17.4. The summed E-state index contributed by atoms with van der Waals surface area (Å²) in [6.45, 7) is 0. The van der Waals surface area contributed by atoms with Crippen LogP contribution in [-0.2, 0) is 0 Å². The molecule has 8 aromatic carbocycles. The number of hydrogen-bond acceptors (Lipinski definition) is 2. The zero-order chi connectivity index (χ0) is 33.7. The number of thiophene rings is 1. The minimum absolute atomic E-state index is 1.12. The van der Waals surface area contributed by atoms with Gasteiger partial charge >= 0.3 is 0 Å². The number of hydrogen-bond donors (Lipinski definition) is 0. The molecule has 2 aromatic heterocycles. The van der Waals surface area contributed by atoms with Crippen molar-refractivity contribution in [2.45, 2.75) is 0 Å². The predicted octanol–water partition coefficient (Wildman–Crippen LogP) is 14.0. The van der Waals surface area contributed by atoms with Gasteiger partial charge in [0.25, 0.3) is 0 Å². The van der Waals surface area contributed by atoms with Crippen molar-refractivity contribution >= 4 is 70.4 Å². The van der Waals surface area contributed by atoms with E-state index in [1.165, 1.54) is 69.9 Å². The molecular formula is C48H32N2S.